The quantitative estimate of drug-likeness (QED) is 0.913. The minimum Gasteiger partial charge on any atom is -0.478 e. The van der Waals surface area contributed by atoms with Gasteiger partial charge in [0.15, 0.2) is 5.82 Å². The van der Waals surface area contributed by atoms with Gasteiger partial charge in [-0.1, -0.05) is 38.4 Å². The summed E-state index contributed by atoms with van der Waals surface area (Å²) in [5.41, 5.74) is 0.0265. The number of benzene rings is 1. The number of aromatic carboxylic acids is 1. The molecular weight excluding hydrogens is 268 g/mol. The number of rotatable bonds is 2. The van der Waals surface area contributed by atoms with Gasteiger partial charge in [-0.25, -0.2) is 4.79 Å². The van der Waals surface area contributed by atoms with Gasteiger partial charge in [0.2, 0.25) is 0 Å². The normalized spacial score (nSPS) is 11.6. The SMILES string of the molecule is CC(C)(C)c1nnnn1-c1cccc(Cl)c1C(=O)O. The van der Waals surface area contributed by atoms with E-state index in [2.05, 4.69) is 15.5 Å². The van der Waals surface area contributed by atoms with Crippen molar-refractivity contribution in [2.75, 3.05) is 0 Å². The first kappa shape index (κ1) is 13.5. The molecule has 0 saturated heterocycles. The van der Waals surface area contributed by atoms with E-state index in [9.17, 15) is 9.90 Å². The number of halogens is 1. The molecule has 1 N–H and O–H groups in total. The van der Waals surface area contributed by atoms with Gasteiger partial charge < -0.3 is 5.11 Å². The topological polar surface area (TPSA) is 80.9 Å². The summed E-state index contributed by atoms with van der Waals surface area (Å²) in [4.78, 5) is 11.3. The van der Waals surface area contributed by atoms with Crippen molar-refractivity contribution >= 4 is 17.6 Å². The summed E-state index contributed by atoms with van der Waals surface area (Å²) < 4.78 is 1.41. The van der Waals surface area contributed by atoms with E-state index >= 15 is 0 Å². The predicted molar refractivity (Wildman–Crippen MR) is 69.8 cm³/mol. The third-order valence-corrected chi connectivity index (χ3v) is 2.89. The van der Waals surface area contributed by atoms with Crippen molar-refractivity contribution in [1.82, 2.24) is 20.2 Å². The average molecular weight is 281 g/mol. The molecule has 0 aliphatic carbocycles. The van der Waals surface area contributed by atoms with Crippen LogP contribution in [0.5, 0.6) is 0 Å². The lowest BCUT2D eigenvalue weighted by atomic mass is 9.95. The van der Waals surface area contributed by atoms with Gasteiger partial charge in [0, 0.05) is 5.41 Å². The zero-order valence-electron chi connectivity index (χ0n) is 10.8. The molecule has 6 nitrogen and oxygen atoms in total. The second-order valence-corrected chi connectivity index (χ2v) is 5.51. The molecule has 1 heterocycles. The maximum atomic E-state index is 11.3. The predicted octanol–water partition coefficient (Wildman–Crippen LogP) is 2.31. The maximum absolute atomic E-state index is 11.3. The van der Waals surface area contributed by atoms with Crippen LogP contribution in [0.3, 0.4) is 0 Å². The van der Waals surface area contributed by atoms with Crippen LogP contribution in [-0.4, -0.2) is 31.3 Å². The second kappa shape index (κ2) is 4.62. The minimum absolute atomic E-state index is 0.0121. The number of tetrazole rings is 1. The largest absolute Gasteiger partial charge is 0.478 e. The highest BCUT2D eigenvalue weighted by atomic mass is 35.5. The van der Waals surface area contributed by atoms with E-state index in [0.717, 1.165) is 0 Å². The third-order valence-electron chi connectivity index (χ3n) is 2.57. The standard InChI is InChI=1S/C12H13ClN4O2/c1-12(2,3)11-14-15-16-17(11)8-6-4-5-7(13)9(8)10(18)19/h4-6H,1-3H3,(H,18,19). The van der Waals surface area contributed by atoms with Crippen LogP contribution in [0.15, 0.2) is 18.2 Å². The van der Waals surface area contributed by atoms with E-state index in [1.165, 1.54) is 10.7 Å². The molecule has 2 aromatic rings. The van der Waals surface area contributed by atoms with Gasteiger partial charge in [0.1, 0.15) is 5.56 Å². The first-order valence-corrected chi connectivity index (χ1v) is 6.01. The van der Waals surface area contributed by atoms with Gasteiger partial charge >= 0.3 is 5.97 Å². The highest BCUT2D eigenvalue weighted by Crippen LogP contribution is 2.27. The van der Waals surface area contributed by atoms with Gasteiger partial charge in [-0.3, -0.25) is 0 Å². The van der Waals surface area contributed by atoms with Gasteiger partial charge in [-0.15, -0.1) is 5.10 Å². The molecule has 2 rings (SSSR count). The lowest BCUT2D eigenvalue weighted by molar-refractivity contribution is 0.0697. The molecule has 0 aliphatic rings. The molecule has 0 unspecified atom stereocenters. The van der Waals surface area contributed by atoms with Crippen molar-refractivity contribution in [3.05, 3.63) is 34.6 Å². The number of hydrogen-bond donors (Lipinski definition) is 1. The Morgan fingerprint density at radius 1 is 1.37 bits per heavy atom. The van der Waals surface area contributed by atoms with Crippen molar-refractivity contribution in [3.8, 4) is 5.69 Å². The molecule has 0 radical (unpaired) electrons. The van der Waals surface area contributed by atoms with E-state index in [4.69, 9.17) is 11.6 Å². The third kappa shape index (κ3) is 2.44. The van der Waals surface area contributed by atoms with Crippen LogP contribution in [0.1, 0.15) is 37.0 Å². The lowest BCUT2D eigenvalue weighted by Crippen LogP contribution is -2.20. The molecular formula is C12H13ClN4O2. The Morgan fingerprint density at radius 3 is 2.63 bits per heavy atom. The Kier molecular flexibility index (Phi) is 3.28. The maximum Gasteiger partial charge on any atom is 0.339 e. The van der Waals surface area contributed by atoms with Crippen molar-refractivity contribution < 1.29 is 9.90 Å². The fourth-order valence-electron chi connectivity index (χ4n) is 1.72. The smallest absolute Gasteiger partial charge is 0.339 e. The van der Waals surface area contributed by atoms with Crippen molar-refractivity contribution in [2.45, 2.75) is 26.2 Å². The summed E-state index contributed by atoms with van der Waals surface area (Å²) in [5, 5.41) is 20.9. The first-order chi connectivity index (χ1) is 8.82. The number of nitrogens with zero attached hydrogens (tertiary/aromatic N) is 4. The van der Waals surface area contributed by atoms with E-state index in [0.29, 0.717) is 11.5 Å². The summed E-state index contributed by atoms with van der Waals surface area (Å²) in [6, 6.07) is 4.81. The Morgan fingerprint density at radius 2 is 2.05 bits per heavy atom. The van der Waals surface area contributed by atoms with Gasteiger partial charge in [0.05, 0.1) is 10.7 Å². The van der Waals surface area contributed by atoms with E-state index < -0.39 is 5.97 Å². The highest BCUT2D eigenvalue weighted by molar-refractivity contribution is 6.34. The van der Waals surface area contributed by atoms with Crippen LogP contribution in [0.2, 0.25) is 5.02 Å². The number of carboxylic acid groups (broad SMARTS) is 1. The van der Waals surface area contributed by atoms with E-state index in [-0.39, 0.29) is 16.0 Å². The highest BCUT2D eigenvalue weighted by Gasteiger charge is 2.26. The molecule has 0 atom stereocenters. The lowest BCUT2D eigenvalue weighted by Gasteiger charge is -2.18. The zero-order chi connectivity index (χ0) is 14.2. The molecule has 0 amide bonds. The Labute approximate surface area is 115 Å². The van der Waals surface area contributed by atoms with E-state index in [1.54, 1.807) is 12.1 Å². The average Bonchev–Trinajstić information content (AvgIpc) is 2.76. The first-order valence-electron chi connectivity index (χ1n) is 5.63. The minimum atomic E-state index is -1.11. The van der Waals surface area contributed by atoms with Crippen molar-refractivity contribution in [3.63, 3.8) is 0 Å². The second-order valence-electron chi connectivity index (χ2n) is 5.10. The Balaban J connectivity index is 2.71. The molecule has 0 aliphatic heterocycles. The molecule has 7 heteroatoms. The molecule has 1 aromatic heterocycles. The van der Waals surface area contributed by atoms with E-state index in [1.807, 2.05) is 20.8 Å². The van der Waals surface area contributed by atoms with Crippen molar-refractivity contribution in [2.24, 2.45) is 0 Å². The molecule has 0 spiro atoms. The molecule has 0 fully saturated rings. The van der Waals surface area contributed by atoms with Crippen LogP contribution >= 0.6 is 11.6 Å². The molecule has 0 saturated carbocycles. The molecule has 1 aromatic carbocycles. The Bertz CT molecular complexity index is 631. The Hall–Kier alpha value is -1.95. The number of carbonyl (C=O) groups is 1. The summed E-state index contributed by atoms with van der Waals surface area (Å²) in [6.07, 6.45) is 0. The van der Waals surface area contributed by atoms with Gasteiger partial charge in [-0.05, 0) is 22.6 Å². The van der Waals surface area contributed by atoms with Crippen LogP contribution in [0, 0.1) is 0 Å². The molecule has 0 bridgehead atoms. The zero-order valence-corrected chi connectivity index (χ0v) is 11.5. The fraction of sp³-hybridized carbons (Fsp3) is 0.333. The summed E-state index contributed by atoms with van der Waals surface area (Å²) in [7, 11) is 0. The number of hydrogen-bond acceptors (Lipinski definition) is 4. The van der Waals surface area contributed by atoms with Crippen LogP contribution in [0.25, 0.3) is 5.69 Å². The number of aromatic nitrogens is 4. The van der Waals surface area contributed by atoms with Crippen molar-refractivity contribution in [1.29, 1.82) is 0 Å². The summed E-state index contributed by atoms with van der Waals surface area (Å²) >= 11 is 5.95. The molecule has 19 heavy (non-hydrogen) atoms. The summed E-state index contributed by atoms with van der Waals surface area (Å²) in [6.45, 7) is 5.83. The monoisotopic (exact) mass is 280 g/mol. The van der Waals surface area contributed by atoms with Gasteiger partial charge in [-0.2, -0.15) is 4.68 Å². The van der Waals surface area contributed by atoms with Crippen LogP contribution in [-0.2, 0) is 5.41 Å². The fourth-order valence-corrected chi connectivity index (χ4v) is 1.97. The van der Waals surface area contributed by atoms with Gasteiger partial charge in [0.25, 0.3) is 0 Å². The van der Waals surface area contributed by atoms with Crippen LogP contribution in [0.4, 0.5) is 0 Å². The number of carboxylic acids is 1. The molecule has 100 valence electrons. The summed E-state index contributed by atoms with van der Waals surface area (Å²) in [5.74, 6) is -0.548. The van der Waals surface area contributed by atoms with Crippen LogP contribution < -0.4 is 0 Å².